The first-order valence-corrected chi connectivity index (χ1v) is 15.5. The topological polar surface area (TPSA) is 35.6 Å². The van der Waals surface area contributed by atoms with Crippen LogP contribution >= 0.6 is 0 Å². The monoisotopic (exact) mass is 501 g/mol. The summed E-state index contributed by atoms with van der Waals surface area (Å²) in [5.74, 6) is 2.71. The van der Waals surface area contributed by atoms with Crippen molar-refractivity contribution >= 4 is 19.7 Å². The van der Waals surface area contributed by atoms with Gasteiger partial charge in [-0.3, -0.25) is 9.69 Å². The Kier molecular flexibility index (Phi) is 8.47. The van der Waals surface area contributed by atoms with E-state index in [9.17, 15) is 18.0 Å². The fourth-order valence-electron chi connectivity index (χ4n) is 3.92. The van der Waals surface area contributed by atoms with E-state index in [-0.39, 0.29) is 17.8 Å². The first kappa shape index (κ1) is 27.0. The number of carbonyl (C=O) groups excluding carboxylic acids is 1. The van der Waals surface area contributed by atoms with Gasteiger partial charge in [-0.05, 0) is 48.9 Å². The molecule has 35 heavy (non-hydrogen) atoms. The minimum Gasteiger partial charge on any atom is -0.322 e. The number of carbonyl (C=O) groups is 1. The lowest BCUT2D eigenvalue weighted by atomic mass is 10.0. The summed E-state index contributed by atoms with van der Waals surface area (Å²) in [6.07, 6.45) is -4.51. The molecule has 1 saturated heterocycles. The van der Waals surface area contributed by atoms with E-state index in [4.69, 9.17) is 0 Å². The number of likely N-dealkylation sites (N-methyl/N-ethyl adjacent to an activating group) is 1. The average Bonchev–Trinajstić information content (AvgIpc) is 2.78. The van der Waals surface area contributed by atoms with Gasteiger partial charge in [0.25, 0.3) is 5.91 Å². The second kappa shape index (κ2) is 11.0. The fourth-order valence-corrected chi connectivity index (χ4v) is 4.43. The molecule has 0 spiro atoms. The third-order valence-corrected chi connectivity index (χ3v) is 6.93. The highest BCUT2D eigenvalue weighted by molar-refractivity contribution is 6.83. The van der Waals surface area contributed by atoms with Crippen LogP contribution < -0.4 is 5.32 Å². The number of amides is 1. The number of hydrogen-bond donors (Lipinski definition) is 1. The van der Waals surface area contributed by atoms with Crippen LogP contribution in [0.2, 0.25) is 19.6 Å². The molecule has 0 aromatic heterocycles. The van der Waals surface area contributed by atoms with Crippen molar-refractivity contribution in [2.45, 2.75) is 46.2 Å². The van der Waals surface area contributed by atoms with Crippen LogP contribution in [0.3, 0.4) is 0 Å². The van der Waals surface area contributed by atoms with Crippen LogP contribution in [0.1, 0.15) is 39.5 Å². The van der Waals surface area contributed by atoms with Crippen LogP contribution in [0.4, 0.5) is 18.9 Å². The molecule has 0 bridgehead atoms. The minimum atomic E-state index is -4.51. The maximum absolute atomic E-state index is 13.9. The molecule has 188 valence electrons. The molecule has 4 nitrogen and oxygen atoms in total. The Hall–Kier alpha value is -2.60. The second-order valence-corrected chi connectivity index (χ2v) is 14.8. The van der Waals surface area contributed by atoms with E-state index in [2.05, 4.69) is 48.2 Å². The van der Waals surface area contributed by atoms with E-state index in [0.29, 0.717) is 5.56 Å². The molecule has 1 N–H and O–H groups in total. The van der Waals surface area contributed by atoms with Crippen molar-refractivity contribution in [1.29, 1.82) is 0 Å². The molecule has 0 aliphatic carbocycles. The van der Waals surface area contributed by atoms with Gasteiger partial charge in [-0.2, -0.15) is 13.2 Å². The Balaban J connectivity index is 1.79. The summed E-state index contributed by atoms with van der Waals surface area (Å²) in [5.41, 5.74) is 5.00. The van der Waals surface area contributed by atoms with E-state index in [1.165, 1.54) is 6.07 Å². The van der Waals surface area contributed by atoms with Gasteiger partial charge in [-0.25, -0.2) is 0 Å². The van der Waals surface area contributed by atoms with E-state index < -0.39 is 25.7 Å². The van der Waals surface area contributed by atoms with Crippen molar-refractivity contribution in [3.63, 3.8) is 0 Å². The number of hydrogen-bond acceptors (Lipinski definition) is 3. The third kappa shape index (κ3) is 7.69. The highest BCUT2D eigenvalue weighted by Gasteiger charge is 2.34. The summed E-state index contributed by atoms with van der Waals surface area (Å²) in [4.78, 5) is 17.2. The number of halogens is 3. The lowest BCUT2D eigenvalue weighted by Crippen LogP contribution is -2.45. The number of aryl methyl sites for hydroxylation is 1. The number of piperazine rings is 1. The molecular formula is C27H34F3N3OSi. The van der Waals surface area contributed by atoms with Crippen LogP contribution in [0, 0.1) is 18.4 Å². The predicted molar refractivity (Wildman–Crippen MR) is 138 cm³/mol. The normalized spacial score (nSPS) is 15.4. The summed E-state index contributed by atoms with van der Waals surface area (Å²) in [6, 6.07) is 9.24. The van der Waals surface area contributed by atoms with E-state index in [1.54, 1.807) is 18.2 Å². The van der Waals surface area contributed by atoms with Crippen molar-refractivity contribution in [3.05, 3.63) is 64.2 Å². The quantitative estimate of drug-likeness (QED) is 0.426. The lowest BCUT2D eigenvalue weighted by molar-refractivity contribution is -0.138. The van der Waals surface area contributed by atoms with Gasteiger partial charge in [0.05, 0.1) is 5.56 Å². The summed E-state index contributed by atoms with van der Waals surface area (Å²) >= 11 is 0. The molecule has 0 radical (unpaired) electrons. The number of alkyl halides is 3. The second-order valence-electron chi connectivity index (χ2n) is 10.1. The highest BCUT2D eigenvalue weighted by Crippen LogP contribution is 2.34. The fraction of sp³-hybridized carbons (Fsp3) is 0.444. The van der Waals surface area contributed by atoms with Gasteiger partial charge >= 0.3 is 6.18 Å². The standard InChI is InChI=1S/C27H34F3N3OSi/c1-6-32-12-14-33(15-13-32)19-23-9-10-24(18-25(23)27(28,29)30)31-26(34)22-8-7-20(2)21(17-22)11-16-35(3,4)5/h7-10,17-18H,6,12-15,19H2,1-5H3,(H,31,34). The van der Waals surface area contributed by atoms with Crippen LogP contribution in [-0.4, -0.2) is 56.5 Å². The van der Waals surface area contributed by atoms with Crippen molar-refractivity contribution in [3.8, 4) is 11.5 Å². The predicted octanol–water partition coefficient (Wildman–Crippen LogP) is 5.63. The molecule has 8 heteroatoms. The van der Waals surface area contributed by atoms with Gasteiger partial charge in [0.1, 0.15) is 8.07 Å². The number of nitrogens with zero attached hydrogens (tertiary/aromatic N) is 2. The first-order chi connectivity index (χ1) is 16.4. The molecule has 1 heterocycles. The van der Waals surface area contributed by atoms with Gasteiger partial charge < -0.3 is 10.2 Å². The Bertz CT molecular complexity index is 1120. The van der Waals surface area contributed by atoms with Crippen molar-refractivity contribution in [2.24, 2.45) is 0 Å². The largest absolute Gasteiger partial charge is 0.416 e. The van der Waals surface area contributed by atoms with Crippen molar-refractivity contribution < 1.29 is 18.0 Å². The molecule has 0 atom stereocenters. The Labute approximate surface area is 207 Å². The molecular weight excluding hydrogens is 467 g/mol. The molecule has 2 aromatic rings. The zero-order valence-electron chi connectivity index (χ0n) is 21.1. The van der Waals surface area contributed by atoms with Crippen LogP contribution in [-0.2, 0) is 12.7 Å². The van der Waals surface area contributed by atoms with Crippen molar-refractivity contribution in [2.75, 3.05) is 38.0 Å². The van der Waals surface area contributed by atoms with E-state index >= 15 is 0 Å². The minimum absolute atomic E-state index is 0.122. The molecule has 1 amide bonds. The van der Waals surface area contributed by atoms with Gasteiger partial charge in [0, 0.05) is 49.5 Å². The lowest BCUT2D eigenvalue weighted by Gasteiger charge is -2.34. The van der Waals surface area contributed by atoms with Crippen molar-refractivity contribution in [1.82, 2.24) is 9.80 Å². The van der Waals surface area contributed by atoms with Crippen LogP contribution in [0.5, 0.6) is 0 Å². The van der Waals surface area contributed by atoms with Gasteiger partial charge in [0.2, 0.25) is 0 Å². The van der Waals surface area contributed by atoms with E-state index in [0.717, 1.165) is 49.9 Å². The summed E-state index contributed by atoms with van der Waals surface area (Å²) in [6.45, 7) is 14.8. The molecule has 1 fully saturated rings. The first-order valence-electron chi connectivity index (χ1n) is 12.0. The van der Waals surface area contributed by atoms with Gasteiger partial charge in [-0.15, -0.1) is 5.54 Å². The number of benzene rings is 2. The smallest absolute Gasteiger partial charge is 0.322 e. The molecule has 2 aromatic carbocycles. The SMILES string of the molecule is CCN1CCN(Cc2ccc(NC(=O)c3ccc(C)c(C#C[Si](C)(C)C)c3)cc2C(F)(F)F)CC1. The van der Waals surface area contributed by atoms with Gasteiger partial charge in [0.15, 0.2) is 0 Å². The molecule has 0 unspecified atom stereocenters. The number of rotatable bonds is 5. The zero-order chi connectivity index (χ0) is 25.8. The average molecular weight is 502 g/mol. The van der Waals surface area contributed by atoms with Crippen LogP contribution in [0.25, 0.3) is 0 Å². The molecule has 3 rings (SSSR count). The Morgan fingerprint density at radius 3 is 2.29 bits per heavy atom. The Morgan fingerprint density at radius 1 is 1.03 bits per heavy atom. The van der Waals surface area contributed by atoms with E-state index in [1.807, 2.05) is 17.9 Å². The molecule has 1 aliphatic heterocycles. The maximum Gasteiger partial charge on any atom is 0.416 e. The number of anilines is 1. The third-order valence-electron chi connectivity index (χ3n) is 6.05. The zero-order valence-corrected chi connectivity index (χ0v) is 22.1. The summed E-state index contributed by atoms with van der Waals surface area (Å²) in [5, 5.41) is 2.64. The van der Waals surface area contributed by atoms with Gasteiger partial charge in [-0.1, -0.05) is 44.6 Å². The summed E-state index contributed by atoms with van der Waals surface area (Å²) < 4.78 is 41.7. The highest BCUT2D eigenvalue weighted by atomic mass is 28.3. The number of nitrogens with one attached hydrogen (secondary N) is 1. The maximum atomic E-state index is 13.9. The molecule has 0 saturated carbocycles. The Morgan fingerprint density at radius 2 is 1.69 bits per heavy atom. The summed E-state index contributed by atoms with van der Waals surface area (Å²) in [7, 11) is -1.59. The van der Waals surface area contributed by atoms with Crippen LogP contribution in [0.15, 0.2) is 36.4 Å². The molecule has 1 aliphatic rings.